The molecule has 0 spiro atoms. The van der Waals surface area contributed by atoms with Crippen molar-refractivity contribution < 1.29 is 40.1 Å². The van der Waals surface area contributed by atoms with E-state index in [9.17, 15) is 30.8 Å². The summed E-state index contributed by atoms with van der Waals surface area (Å²) in [6.07, 6.45) is 0. The van der Waals surface area contributed by atoms with Gasteiger partial charge in [0, 0.05) is 0 Å². The summed E-state index contributed by atoms with van der Waals surface area (Å²) in [5.41, 5.74) is 0. The Kier molecular flexibility index (Phi) is 3.69. The van der Waals surface area contributed by atoms with Crippen molar-refractivity contribution in [2.24, 2.45) is 0 Å². The molecule has 10 heteroatoms. The maximum Gasteiger partial charge on any atom is 0.443 e. The van der Waals surface area contributed by atoms with Crippen LogP contribution in [0.4, 0.5) is 17.6 Å². The zero-order valence-corrected chi connectivity index (χ0v) is 8.02. The third-order valence-corrected chi connectivity index (χ3v) is 2.13. The zero-order valence-electron chi connectivity index (χ0n) is 7.21. The number of ether oxygens (including phenoxy) is 1. The molecule has 0 heterocycles. The van der Waals surface area contributed by atoms with Gasteiger partial charge in [0.2, 0.25) is 0 Å². The highest BCUT2D eigenvalue weighted by molar-refractivity contribution is 7.87. The van der Waals surface area contributed by atoms with Crippen LogP contribution in [0.25, 0.3) is 0 Å². The van der Waals surface area contributed by atoms with Gasteiger partial charge in [-0.15, -0.1) is 0 Å². The summed E-state index contributed by atoms with van der Waals surface area (Å²) in [5, 5.41) is -5.92. The van der Waals surface area contributed by atoms with E-state index in [0.29, 0.717) is 0 Å². The minimum absolute atomic E-state index is 0.643. The molecule has 0 saturated carbocycles. The summed E-state index contributed by atoms with van der Waals surface area (Å²) in [4.78, 5) is 10.3. The Balaban J connectivity index is 5.29. The molecular weight excluding hydrogens is 248 g/mol. The topological polar surface area (TPSA) is 80.7 Å². The molecule has 0 unspecified atom stereocenters. The molecule has 0 amide bonds. The second-order valence-corrected chi connectivity index (χ2v) is 3.75. The van der Waals surface area contributed by atoms with E-state index >= 15 is 0 Å². The monoisotopic (exact) mass is 254 g/mol. The Labute approximate surface area is 81.8 Å². The fourth-order valence-corrected chi connectivity index (χ4v) is 0.910. The van der Waals surface area contributed by atoms with Gasteiger partial charge in [-0.2, -0.15) is 26.0 Å². The van der Waals surface area contributed by atoms with E-state index in [4.69, 9.17) is 4.55 Å². The van der Waals surface area contributed by atoms with Crippen LogP contribution in [0.5, 0.6) is 0 Å². The lowest BCUT2D eigenvalue weighted by atomic mass is 10.3. The van der Waals surface area contributed by atoms with Crippen LogP contribution in [-0.4, -0.2) is 36.7 Å². The number of hydrogen-bond donors (Lipinski definition) is 1. The summed E-state index contributed by atoms with van der Waals surface area (Å²) in [6, 6.07) is 0. The van der Waals surface area contributed by atoms with Crippen molar-refractivity contribution in [3.63, 3.8) is 0 Å². The molecule has 0 aromatic carbocycles. The lowest BCUT2D eigenvalue weighted by molar-refractivity contribution is -0.204. The molecule has 1 N–H and O–H groups in total. The molecule has 0 aliphatic heterocycles. The van der Waals surface area contributed by atoms with Crippen LogP contribution in [0, 0.1) is 0 Å². The van der Waals surface area contributed by atoms with Crippen molar-refractivity contribution >= 4 is 16.1 Å². The fourth-order valence-electron chi connectivity index (χ4n) is 0.503. The molecule has 0 saturated heterocycles. The van der Waals surface area contributed by atoms with Crippen molar-refractivity contribution in [1.29, 1.82) is 0 Å². The molecule has 0 aromatic rings. The molecule has 5 nitrogen and oxygen atoms in total. The number of esters is 1. The first-order valence-corrected chi connectivity index (χ1v) is 4.82. The van der Waals surface area contributed by atoms with Gasteiger partial charge in [0.25, 0.3) is 0 Å². The minimum Gasteiger partial charge on any atom is -0.461 e. The number of halogens is 4. The molecule has 0 bridgehead atoms. The van der Waals surface area contributed by atoms with Gasteiger partial charge in [-0.25, -0.2) is 4.79 Å². The Morgan fingerprint density at radius 2 is 1.73 bits per heavy atom. The van der Waals surface area contributed by atoms with E-state index in [1.807, 2.05) is 0 Å². The first-order valence-electron chi connectivity index (χ1n) is 3.38. The van der Waals surface area contributed by atoms with Gasteiger partial charge in [0.05, 0.1) is 6.61 Å². The number of alkyl halides is 4. The highest BCUT2D eigenvalue weighted by Gasteiger charge is 2.71. The average molecular weight is 254 g/mol. The van der Waals surface area contributed by atoms with Crippen molar-refractivity contribution in [1.82, 2.24) is 0 Å². The van der Waals surface area contributed by atoms with Crippen LogP contribution < -0.4 is 0 Å². The van der Waals surface area contributed by atoms with Crippen LogP contribution in [-0.2, 0) is 19.6 Å². The molecule has 0 rings (SSSR count). The molecule has 0 radical (unpaired) electrons. The third kappa shape index (κ3) is 2.37. The quantitative estimate of drug-likeness (QED) is 0.453. The predicted molar refractivity (Wildman–Crippen MR) is 38.1 cm³/mol. The molecule has 0 aliphatic rings. The highest BCUT2D eigenvalue weighted by atomic mass is 32.2. The van der Waals surface area contributed by atoms with Crippen LogP contribution in [0.15, 0.2) is 0 Å². The number of carbonyl (C=O) groups is 1. The Morgan fingerprint density at radius 3 is 2.00 bits per heavy atom. The van der Waals surface area contributed by atoms with E-state index < -0.39 is 33.9 Å². The second-order valence-electron chi connectivity index (χ2n) is 2.29. The lowest BCUT2D eigenvalue weighted by Gasteiger charge is -2.21. The number of hydrogen-bond acceptors (Lipinski definition) is 4. The SMILES string of the molecule is CCOC(=O)C(F)(F)C(F)(F)S(=O)(=O)O. The van der Waals surface area contributed by atoms with Crippen molar-refractivity contribution in [3.05, 3.63) is 0 Å². The van der Waals surface area contributed by atoms with Gasteiger partial charge in [-0.1, -0.05) is 0 Å². The molecule has 0 fully saturated rings. The number of carbonyl (C=O) groups excluding carboxylic acids is 1. The smallest absolute Gasteiger partial charge is 0.443 e. The number of rotatable bonds is 4. The van der Waals surface area contributed by atoms with Crippen molar-refractivity contribution in [2.75, 3.05) is 6.61 Å². The Hall–Kier alpha value is -0.900. The molecule has 0 atom stereocenters. The molecular formula is C5H6F4O5S. The van der Waals surface area contributed by atoms with Gasteiger partial charge in [-0.05, 0) is 6.92 Å². The van der Waals surface area contributed by atoms with E-state index in [1.165, 1.54) is 0 Å². The summed E-state index contributed by atoms with van der Waals surface area (Å²) >= 11 is 0. The molecule has 0 aromatic heterocycles. The van der Waals surface area contributed by atoms with Gasteiger partial charge in [0.15, 0.2) is 0 Å². The Bertz CT molecular complexity index is 348. The maximum atomic E-state index is 12.5. The van der Waals surface area contributed by atoms with Gasteiger partial charge in [0.1, 0.15) is 0 Å². The molecule has 0 aliphatic carbocycles. The maximum absolute atomic E-state index is 12.5. The van der Waals surface area contributed by atoms with Crippen LogP contribution in [0.2, 0.25) is 0 Å². The predicted octanol–water partition coefficient (Wildman–Crippen LogP) is 0.665. The normalized spacial score (nSPS) is 13.7. The molecule has 90 valence electrons. The Morgan fingerprint density at radius 1 is 1.33 bits per heavy atom. The van der Waals surface area contributed by atoms with E-state index in [0.717, 1.165) is 6.92 Å². The van der Waals surface area contributed by atoms with Crippen LogP contribution in [0.1, 0.15) is 6.92 Å². The third-order valence-electron chi connectivity index (χ3n) is 1.22. The minimum atomic E-state index is -6.41. The summed E-state index contributed by atoms with van der Waals surface area (Å²) in [5.74, 6) is -8.37. The van der Waals surface area contributed by atoms with Gasteiger partial charge < -0.3 is 4.74 Å². The average Bonchev–Trinajstić information content (AvgIpc) is 2.02. The standard InChI is InChI=1S/C5H6F4O5S/c1-2-14-3(10)4(6,7)5(8,9)15(11,12)13/h2H2,1H3,(H,11,12,13). The van der Waals surface area contributed by atoms with Crippen molar-refractivity contribution in [2.45, 2.75) is 18.1 Å². The van der Waals surface area contributed by atoms with E-state index in [1.54, 1.807) is 0 Å². The first kappa shape index (κ1) is 14.1. The summed E-state index contributed by atoms with van der Waals surface area (Å²) in [6.45, 7) is 0.412. The molecule has 15 heavy (non-hydrogen) atoms. The van der Waals surface area contributed by atoms with Gasteiger partial charge >= 0.3 is 27.3 Å². The largest absolute Gasteiger partial charge is 0.461 e. The van der Waals surface area contributed by atoms with E-state index in [-0.39, 0.29) is 0 Å². The van der Waals surface area contributed by atoms with Crippen LogP contribution >= 0.6 is 0 Å². The first-order chi connectivity index (χ1) is 6.48. The zero-order chi connectivity index (χ0) is 12.5. The summed E-state index contributed by atoms with van der Waals surface area (Å²) < 4.78 is 81.0. The van der Waals surface area contributed by atoms with Crippen LogP contribution in [0.3, 0.4) is 0 Å². The second kappa shape index (κ2) is 3.93. The lowest BCUT2D eigenvalue weighted by Crippen LogP contribution is -2.52. The van der Waals surface area contributed by atoms with Gasteiger partial charge in [-0.3, -0.25) is 4.55 Å². The van der Waals surface area contributed by atoms with Crippen molar-refractivity contribution in [3.8, 4) is 0 Å². The summed E-state index contributed by atoms with van der Waals surface area (Å²) in [7, 11) is -6.41. The fraction of sp³-hybridized carbons (Fsp3) is 0.800. The highest BCUT2D eigenvalue weighted by Crippen LogP contribution is 2.39. The van der Waals surface area contributed by atoms with E-state index in [2.05, 4.69) is 4.74 Å².